The highest BCUT2D eigenvalue weighted by molar-refractivity contribution is 7.99. The molecule has 0 spiro atoms. The Morgan fingerprint density at radius 3 is 3.06 bits per heavy atom. The SMILES string of the molecule is Cc1occc1-c1nnc(SCCCC#N)n1N. The number of hydrogen-bond acceptors (Lipinski definition) is 6. The number of nitrogens with two attached hydrogens (primary N) is 1. The van der Waals surface area contributed by atoms with Gasteiger partial charge in [-0.3, -0.25) is 0 Å². The summed E-state index contributed by atoms with van der Waals surface area (Å²) in [7, 11) is 0. The van der Waals surface area contributed by atoms with E-state index in [1.807, 2.05) is 13.0 Å². The van der Waals surface area contributed by atoms with Gasteiger partial charge in [0.25, 0.3) is 0 Å². The van der Waals surface area contributed by atoms with E-state index in [0.29, 0.717) is 17.4 Å². The Morgan fingerprint density at radius 2 is 2.39 bits per heavy atom. The Morgan fingerprint density at radius 1 is 1.56 bits per heavy atom. The van der Waals surface area contributed by atoms with Crippen LogP contribution in [0.2, 0.25) is 0 Å². The fourth-order valence-corrected chi connectivity index (χ4v) is 2.29. The van der Waals surface area contributed by atoms with Gasteiger partial charge < -0.3 is 10.3 Å². The second kappa shape index (κ2) is 5.60. The number of aryl methyl sites for hydroxylation is 1. The standard InChI is InChI=1S/C11H13N5OS/c1-8-9(4-6-17-8)10-14-15-11(16(10)13)18-7-3-2-5-12/h4,6H,2-3,7,13H2,1H3. The summed E-state index contributed by atoms with van der Waals surface area (Å²) in [6.45, 7) is 1.85. The normalized spacial score (nSPS) is 10.4. The van der Waals surface area contributed by atoms with E-state index in [-0.39, 0.29) is 0 Å². The van der Waals surface area contributed by atoms with Crippen LogP contribution in [-0.2, 0) is 0 Å². The summed E-state index contributed by atoms with van der Waals surface area (Å²) in [5, 5.41) is 17.2. The molecule has 0 bridgehead atoms. The van der Waals surface area contributed by atoms with Gasteiger partial charge in [0.1, 0.15) is 5.76 Å². The number of furan rings is 1. The van der Waals surface area contributed by atoms with Crippen LogP contribution in [0.5, 0.6) is 0 Å². The highest BCUT2D eigenvalue weighted by Gasteiger charge is 2.15. The molecule has 0 radical (unpaired) electrons. The van der Waals surface area contributed by atoms with Gasteiger partial charge in [-0.15, -0.1) is 10.2 Å². The van der Waals surface area contributed by atoms with E-state index in [0.717, 1.165) is 23.5 Å². The highest BCUT2D eigenvalue weighted by Crippen LogP contribution is 2.25. The lowest BCUT2D eigenvalue weighted by atomic mass is 10.2. The third kappa shape index (κ3) is 2.49. The maximum absolute atomic E-state index is 8.45. The zero-order chi connectivity index (χ0) is 13.0. The van der Waals surface area contributed by atoms with Crippen LogP contribution in [0.1, 0.15) is 18.6 Å². The zero-order valence-corrected chi connectivity index (χ0v) is 10.8. The van der Waals surface area contributed by atoms with Gasteiger partial charge >= 0.3 is 0 Å². The third-order valence-electron chi connectivity index (χ3n) is 2.43. The number of thioether (sulfide) groups is 1. The second-order valence-corrected chi connectivity index (χ2v) is 4.74. The van der Waals surface area contributed by atoms with Crippen LogP contribution in [-0.4, -0.2) is 20.6 Å². The molecule has 2 rings (SSSR count). The summed E-state index contributed by atoms with van der Waals surface area (Å²) < 4.78 is 6.67. The lowest BCUT2D eigenvalue weighted by Gasteiger charge is -2.01. The minimum atomic E-state index is 0.541. The summed E-state index contributed by atoms with van der Waals surface area (Å²) in [6, 6.07) is 3.92. The van der Waals surface area contributed by atoms with Crippen LogP contribution in [0.25, 0.3) is 11.4 Å². The van der Waals surface area contributed by atoms with Gasteiger partial charge in [0, 0.05) is 12.2 Å². The van der Waals surface area contributed by atoms with Crippen molar-refractivity contribution in [2.24, 2.45) is 0 Å². The number of nitriles is 1. The van der Waals surface area contributed by atoms with E-state index in [1.165, 1.54) is 16.4 Å². The predicted octanol–water partition coefficient (Wildman–Crippen LogP) is 1.96. The molecule has 2 N–H and O–H groups in total. The second-order valence-electron chi connectivity index (χ2n) is 3.68. The largest absolute Gasteiger partial charge is 0.469 e. The third-order valence-corrected chi connectivity index (χ3v) is 3.46. The van der Waals surface area contributed by atoms with Crippen LogP contribution in [0, 0.1) is 18.3 Å². The molecule has 2 aromatic rings. The van der Waals surface area contributed by atoms with Gasteiger partial charge in [-0.1, -0.05) is 11.8 Å². The summed E-state index contributed by atoms with van der Waals surface area (Å²) in [4.78, 5) is 0. The molecule has 7 heteroatoms. The molecule has 2 aromatic heterocycles. The molecule has 94 valence electrons. The monoisotopic (exact) mass is 263 g/mol. The molecular weight excluding hydrogens is 250 g/mol. The number of nitrogens with zero attached hydrogens (tertiary/aromatic N) is 4. The van der Waals surface area contributed by atoms with Gasteiger partial charge in [-0.25, -0.2) is 4.68 Å². The van der Waals surface area contributed by atoms with Crippen molar-refractivity contribution in [1.29, 1.82) is 5.26 Å². The van der Waals surface area contributed by atoms with E-state index in [1.54, 1.807) is 6.26 Å². The molecule has 0 aliphatic heterocycles. The molecule has 0 aromatic carbocycles. The maximum Gasteiger partial charge on any atom is 0.210 e. The molecule has 18 heavy (non-hydrogen) atoms. The highest BCUT2D eigenvalue weighted by atomic mass is 32.2. The van der Waals surface area contributed by atoms with E-state index < -0.39 is 0 Å². The molecule has 0 aliphatic carbocycles. The molecule has 0 saturated heterocycles. The van der Waals surface area contributed by atoms with Gasteiger partial charge in [-0.05, 0) is 19.4 Å². The molecule has 0 aliphatic rings. The van der Waals surface area contributed by atoms with Crippen LogP contribution in [0.4, 0.5) is 0 Å². The van der Waals surface area contributed by atoms with Crippen molar-refractivity contribution in [2.75, 3.05) is 11.6 Å². The minimum absolute atomic E-state index is 0.541. The first kappa shape index (κ1) is 12.5. The van der Waals surface area contributed by atoms with Crippen LogP contribution < -0.4 is 5.84 Å². The summed E-state index contributed by atoms with van der Waals surface area (Å²) in [6.07, 6.45) is 2.95. The smallest absolute Gasteiger partial charge is 0.210 e. The van der Waals surface area contributed by atoms with E-state index >= 15 is 0 Å². The Labute approximate surface area is 109 Å². The minimum Gasteiger partial charge on any atom is -0.469 e. The van der Waals surface area contributed by atoms with Crippen molar-refractivity contribution in [3.8, 4) is 17.5 Å². The lowest BCUT2D eigenvalue weighted by Crippen LogP contribution is -2.11. The number of nitrogen functional groups attached to an aromatic ring is 1. The topological polar surface area (TPSA) is 93.7 Å². The molecule has 0 unspecified atom stereocenters. The van der Waals surface area contributed by atoms with Crippen molar-refractivity contribution in [3.63, 3.8) is 0 Å². The van der Waals surface area contributed by atoms with E-state index in [4.69, 9.17) is 15.5 Å². The summed E-state index contributed by atoms with van der Waals surface area (Å²) in [5.74, 6) is 8.09. The van der Waals surface area contributed by atoms with Gasteiger partial charge in [0.2, 0.25) is 5.16 Å². The molecule has 0 saturated carbocycles. The lowest BCUT2D eigenvalue weighted by molar-refractivity contribution is 0.535. The number of hydrogen-bond donors (Lipinski definition) is 1. The molecule has 0 amide bonds. The van der Waals surface area contributed by atoms with Crippen molar-refractivity contribution in [2.45, 2.75) is 24.9 Å². The maximum atomic E-state index is 8.45. The Hall–Kier alpha value is -1.94. The predicted molar refractivity (Wildman–Crippen MR) is 68.2 cm³/mol. The molecular formula is C11H13N5OS. The fraction of sp³-hybridized carbons (Fsp3) is 0.364. The Kier molecular flexibility index (Phi) is 3.89. The average molecular weight is 263 g/mol. The molecule has 0 fully saturated rings. The number of aromatic nitrogens is 3. The quantitative estimate of drug-likeness (QED) is 0.503. The molecule has 0 atom stereocenters. The summed E-state index contributed by atoms with van der Waals surface area (Å²) >= 11 is 1.49. The molecule has 2 heterocycles. The molecule has 6 nitrogen and oxygen atoms in total. The Balaban J connectivity index is 2.10. The van der Waals surface area contributed by atoms with Gasteiger partial charge in [-0.2, -0.15) is 5.26 Å². The van der Waals surface area contributed by atoms with Crippen LogP contribution >= 0.6 is 11.8 Å². The van der Waals surface area contributed by atoms with Crippen molar-refractivity contribution >= 4 is 11.8 Å². The number of rotatable bonds is 5. The van der Waals surface area contributed by atoms with Crippen LogP contribution in [0.15, 0.2) is 21.9 Å². The first-order valence-electron chi connectivity index (χ1n) is 5.48. The number of unbranched alkanes of at least 4 members (excludes halogenated alkanes) is 1. The fourth-order valence-electron chi connectivity index (χ4n) is 1.49. The average Bonchev–Trinajstić information content (AvgIpc) is 2.92. The van der Waals surface area contributed by atoms with Crippen molar-refractivity contribution in [1.82, 2.24) is 14.9 Å². The first-order valence-corrected chi connectivity index (χ1v) is 6.47. The van der Waals surface area contributed by atoms with Crippen molar-refractivity contribution in [3.05, 3.63) is 18.1 Å². The van der Waals surface area contributed by atoms with Crippen molar-refractivity contribution < 1.29 is 4.42 Å². The summed E-state index contributed by atoms with van der Waals surface area (Å²) in [5.41, 5.74) is 0.842. The van der Waals surface area contributed by atoms with E-state index in [2.05, 4.69) is 16.3 Å². The van der Waals surface area contributed by atoms with Gasteiger partial charge in [0.05, 0.1) is 17.9 Å². The first-order chi connectivity index (χ1) is 8.74. The van der Waals surface area contributed by atoms with E-state index in [9.17, 15) is 0 Å². The van der Waals surface area contributed by atoms with Crippen LogP contribution in [0.3, 0.4) is 0 Å². The Bertz CT molecular complexity index is 568. The van der Waals surface area contributed by atoms with Gasteiger partial charge in [0.15, 0.2) is 5.82 Å². The zero-order valence-electron chi connectivity index (χ0n) is 9.96.